The van der Waals surface area contributed by atoms with Crippen LogP contribution >= 0.6 is 0 Å². The Labute approximate surface area is 431 Å². The summed E-state index contributed by atoms with van der Waals surface area (Å²) in [5.41, 5.74) is 4.70. The van der Waals surface area contributed by atoms with E-state index in [2.05, 4.69) is 15.0 Å². The van der Waals surface area contributed by atoms with Crippen molar-refractivity contribution in [3.63, 3.8) is 0 Å². The van der Waals surface area contributed by atoms with E-state index in [1.165, 1.54) is 16.2 Å². The van der Waals surface area contributed by atoms with Crippen molar-refractivity contribution in [3.8, 4) is 45.6 Å². The fourth-order valence-electron chi connectivity index (χ4n) is 10.1. The molecular formula is C55H48F6N12O3. The molecule has 0 bridgehead atoms. The second-order valence-corrected chi connectivity index (χ2v) is 19.7. The summed E-state index contributed by atoms with van der Waals surface area (Å²) >= 11 is 0. The summed E-state index contributed by atoms with van der Waals surface area (Å²) < 4.78 is 89.7. The van der Waals surface area contributed by atoms with E-state index in [4.69, 9.17) is 29.7 Å². The average Bonchev–Trinajstić information content (AvgIpc) is 4.11. The Bertz CT molecular complexity index is 3520. The first-order chi connectivity index (χ1) is 36.4. The highest BCUT2D eigenvalue weighted by Gasteiger charge is 2.39. The smallest absolute Gasteiger partial charge is 0.377 e. The van der Waals surface area contributed by atoms with Gasteiger partial charge < -0.3 is 13.9 Å². The van der Waals surface area contributed by atoms with E-state index in [1.54, 1.807) is 89.2 Å². The topological polar surface area (TPSA) is 163 Å². The SMILES string of the molecule is CC(C)c1ncccc1-c1ncc2c(n1)N(Cc1ccc(-c3nc(C(F)(F)F)cn3C)cc1)C(=O)CC2CC(C)c1ncccc1-c1ncc2c(n1)N(Cc1ccc(-c3nc(C(F)(F)F)cn3C3COC3)cc1)C(=O)C2. The zero-order valence-electron chi connectivity index (χ0n) is 41.5. The van der Waals surface area contributed by atoms with Crippen LogP contribution < -0.4 is 9.80 Å². The first-order valence-electron chi connectivity index (χ1n) is 24.6. The predicted molar refractivity (Wildman–Crippen MR) is 267 cm³/mol. The lowest BCUT2D eigenvalue weighted by molar-refractivity contribution is -0.141. The molecule has 388 valence electrons. The van der Waals surface area contributed by atoms with Crippen molar-refractivity contribution in [1.29, 1.82) is 0 Å². The molecule has 2 amide bonds. The molecule has 0 saturated carbocycles. The maximum Gasteiger partial charge on any atom is 0.434 e. The number of carbonyl (C=O) groups is 2. The quantitative estimate of drug-likeness (QED) is 0.101. The highest BCUT2D eigenvalue weighted by atomic mass is 19.4. The van der Waals surface area contributed by atoms with Gasteiger partial charge in [-0.15, -0.1) is 0 Å². The number of fused-ring (bicyclic) bond motifs is 2. The fraction of sp³-hybridized carbons (Fsp3) is 0.309. The monoisotopic (exact) mass is 1040 g/mol. The molecule has 6 aromatic heterocycles. The van der Waals surface area contributed by atoms with Crippen molar-refractivity contribution >= 4 is 23.5 Å². The minimum absolute atomic E-state index is 0.0499. The van der Waals surface area contributed by atoms with Gasteiger partial charge in [-0.3, -0.25) is 29.4 Å². The molecule has 3 aliphatic heterocycles. The van der Waals surface area contributed by atoms with Gasteiger partial charge in [0.15, 0.2) is 23.0 Å². The van der Waals surface area contributed by atoms with Gasteiger partial charge in [0.1, 0.15) is 23.3 Å². The summed E-state index contributed by atoms with van der Waals surface area (Å²) in [6, 6.07) is 20.9. The van der Waals surface area contributed by atoms with Crippen LogP contribution in [0.5, 0.6) is 0 Å². The molecule has 0 aliphatic carbocycles. The molecule has 2 aromatic carbocycles. The first kappa shape index (κ1) is 50.0. The molecule has 0 radical (unpaired) electrons. The number of ether oxygens (including phenoxy) is 1. The van der Waals surface area contributed by atoms with Crippen LogP contribution in [0.1, 0.15) is 102 Å². The van der Waals surface area contributed by atoms with Crippen LogP contribution in [-0.2, 0) is 53.2 Å². The molecule has 0 N–H and O–H groups in total. The average molecular weight is 1040 g/mol. The minimum Gasteiger partial charge on any atom is -0.377 e. The van der Waals surface area contributed by atoms with E-state index < -0.39 is 23.7 Å². The number of aryl methyl sites for hydroxylation is 1. The van der Waals surface area contributed by atoms with Crippen LogP contribution in [0, 0.1) is 0 Å². The standard InChI is InChI=1S/C55H48F6N12O3/c1-30(2)46-39(7-5-17-62-46)48-65-23-41-36(20-44(74)73(53(41)69-48)25-33-9-13-34(14-10-33)50-66-42(26-70(50)4)54(56,57)58)19-31(3)47-40(8-6-18-63-47)49-64-22-37-21-45(75)72(52(37)68-49)24-32-11-15-35(16-12-32)51-67-43(55(59,60)61)27-71(51)38-28-76-29-38/h5-18,22-23,26-27,30-31,36,38H,19-21,24-25,28-29H2,1-4H3. The van der Waals surface area contributed by atoms with Crippen LogP contribution in [0.2, 0.25) is 0 Å². The molecule has 3 aliphatic rings. The lowest BCUT2D eigenvalue weighted by Gasteiger charge is -2.34. The summed E-state index contributed by atoms with van der Waals surface area (Å²) in [6.07, 6.45) is 0.247. The number of pyridine rings is 2. The molecule has 0 spiro atoms. The van der Waals surface area contributed by atoms with Crippen molar-refractivity contribution < 1.29 is 40.7 Å². The highest BCUT2D eigenvalue weighted by molar-refractivity contribution is 6.00. The van der Waals surface area contributed by atoms with E-state index in [9.17, 15) is 35.9 Å². The van der Waals surface area contributed by atoms with E-state index in [1.807, 2.05) is 39.0 Å². The van der Waals surface area contributed by atoms with E-state index >= 15 is 0 Å². The van der Waals surface area contributed by atoms with E-state index in [0.717, 1.165) is 40.3 Å². The fourth-order valence-corrected chi connectivity index (χ4v) is 10.1. The number of imidazole rings is 2. The molecule has 2 atom stereocenters. The molecule has 21 heteroatoms. The minimum atomic E-state index is -4.61. The second kappa shape index (κ2) is 19.5. The largest absolute Gasteiger partial charge is 0.434 e. The number of carbonyl (C=O) groups excluding carboxylic acids is 2. The second-order valence-electron chi connectivity index (χ2n) is 19.7. The number of amides is 2. The zero-order chi connectivity index (χ0) is 53.2. The molecule has 1 fully saturated rings. The number of anilines is 2. The van der Waals surface area contributed by atoms with Gasteiger partial charge in [-0.05, 0) is 59.6 Å². The number of nitrogens with zero attached hydrogens (tertiary/aromatic N) is 12. The number of hydrogen-bond donors (Lipinski definition) is 0. The van der Waals surface area contributed by atoms with Gasteiger partial charge in [-0.2, -0.15) is 26.3 Å². The summed E-state index contributed by atoms with van der Waals surface area (Å²) in [5, 5.41) is 0. The molecule has 8 aromatic rings. The molecule has 1 saturated heterocycles. The molecule has 9 heterocycles. The highest BCUT2D eigenvalue weighted by Crippen LogP contribution is 2.44. The number of hydrogen-bond acceptors (Lipinski definition) is 11. The maximum atomic E-state index is 14.5. The Kier molecular flexibility index (Phi) is 12.8. The Morgan fingerprint density at radius 1 is 0.645 bits per heavy atom. The Morgan fingerprint density at radius 2 is 1.20 bits per heavy atom. The van der Waals surface area contributed by atoms with Crippen molar-refractivity contribution in [2.45, 2.75) is 89.3 Å². The van der Waals surface area contributed by atoms with Crippen LogP contribution in [0.3, 0.4) is 0 Å². The van der Waals surface area contributed by atoms with Gasteiger partial charge in [-0.25, -0.2) is 29.9 Å². The van der Waals surface area contributed by atoms with Gasteiger partial charge >= 0.3 is 12.4 Å². The third-order valence-electron chi connectivity index (χ3n) is 14.1. The van der Waals surface area contributed by atoms with Gasteiger partial charge in [0.25, 0.3) is 0 Å². The van der Waals surface area contributed by atoms with Crippen molar-refractivity contribution in [3.05, 3.63) is 155 Å². The number of alkyl halides is 6. The number of benzene rings is 2. The number of aromatic nitrogens is 10. The summed E-state index contributed by atoms with van der Waals surface area (Å²) in [4.78, 5) is 68.1. The first-order valence-corrected chi connectivity index (χ1v) is 24.6. The van der Waals surface area contributed by atoms with Gasteiger partial charge in [0.05, 0.1) is 50.2 Å². The molecule has 15 nitrogen and oxygen atoms in total. The van der Waals surface area contributed by atoms with Crippen molar-refractivity contribution in [2.75, 3.05) is 23.0 Å². The Hall–Kier alpha value is -8.20. The van der Waals surface area contributed by atoms with Crippen LogP contribution in [-0.4, -0.2) is 74.0 Å². The number of halogens is 6. The van der Waals surface area contributed by atoms with Gasteiger partial charge in [0, 0.05) is 84.0 Å². The third kappa shape index (κ3) is 9.58. The predicted octanol–water partition coefficient (Wildman–Crippen LogP) is 10.7. The van der Waals surface area contributed by atoms with Crippen LogP contribution in [0.4, 0.5) is 38.0 Å². The van der Waals surface area contributed by atoms with Crippen LogP contribution in [0.25, 0.3) is 45.6 Å². The van der Waals surface area contributed by atoms with E-state index in [-0.39, 0.29) is 86.4 Å². The third-order valence-corrected chi connectivity index (χ3v) is 14.1. The van der Waals surface area contributed by atoms with Crippen molar-refractivity contribution in [2.24, 2.45) is 7.05 Å². The summed E-state index contributed by atoms with van der Waals surface area (Å²) in [6.45, 7) is 6.93. The Morgan fingerprint density at radius 3 is 1.79 bits per heavy atom. The molecule has 76 heavy (non-hydrogen) atoms. The van der Waals surface area contributed by atoms with Gasteiger partial charge in [-0.1, -0.05) is 69.3 Å². The van der Waals surface area contributed by atoms with E-state index in [0.29, 0.717) is 57.7 Å². The molecular weight excluding hydrogens is 991 g/mol. The lowest BCUT2D eigenvalue weighted by Crippen LogP contribution is -2.37. The molecule has 2 unspecified atom stereocenters. The Balaban J connectivity index is 0.858. The maximum absolute atomic E-state index is 14.5. The van der Waals surface area contributed by atoms with Gasteiger partial charge in [0.2, 0.25) is 11.8 Å². The van der Waals surface area contributed by atoms with Crippen molar-refractivity contribution in [1.82, 2.24) is 49.0 Å². The molecule has 11 rings (SSSR count). The summed E-state index contributed by atoms with van der Waals surface area (Å²) in [7, 11) is 1.50. The zero-order valence-corrected chi connectivity index (χ0v) is 41.5. The lowest BCUT2D eigenvalue weighted by atomic mass is 9.83. The number of rotatable bonds is 13. The summed E-state index contributed by atoms with van der Waals surface area (Å²) in [5.74, 6) is 1.04. The normalized spacial score (nSPS) is 16.3. The van der Waals surface area contributed by atoms with Crippen LogP contribution in [0.15, 0.2) is 110 Å².